The Kier molecular flexibility index (Phi) is 7.07. The summed E-state index contributed by atoms with van der Waals surface area (Å²) in [6.45, 7) is 0.304. The van der Waals surface area contributed by atoms with Crippen molar-refractivity contribution in [1.82, 2.24) is 9.99 Å². The molecule has 0 aliphatic carbocycles. The topological polar surface area (TPSA) is 64.8 Å². The predicted molar refractivity (Wildman–Crippen MR) is 130 cm³/mol. The first kappa shape index (κ1) is 22.2. The van der Waals surface area contributed by atoms with E-state index in [4.69, 9.17) is 21.1 Å². The summed E-state index contributed by atoms with van der Waals surface area (Å²) in [5, 5.41) is 4.79. The lowest BCUT2D eigenvalue weighted by Crippen LogP contribution is -2.19. The van der Waals surface area contributed by atoms with E-state index in [1.807, 2.05) is 83.7 Å². The van der Waals surface area contributed by atoms with Crippen molar-refractivity contribution in [3.63, 3.8) is 0 Å². The third-order valence-corrected chi connectivity index (χ3v) is 5.14. The molecule has 166 valence electrons. The van der Waals surface area contributed by atoms with Gasteiger partial charge in [-0.05, 0) is 54.1 Å². The van der Waals surface area contributed by atoms with Crippen LogP contribution in [0, 0.1) is 0 Å². The van der Waals surface area contributed by atoms with Crippen LogP contribution < -0.4 is 14.9 Å². The fraction of sp³-hybridized carbons (Fsp3) is 0.0769. The first-order chi connectivity index (χ1) is 16.2. The summed E-state index contributed by atoms with van der Waals surface area (Å²) in [5.41, 5.74) is 5.46. The summed E-state index contributed by atoms with van der Waals surface area (Å²) < 4.78 is 13.3. The van der Waals surface area contributed by atoms with Gasteiger partial charge in [-0.2, -0.15) is 5.10 Å². The zero-order valence-corrected chi connectivity index (χ0v) is 18.7. The molecule has 0 radical (unpaired) electrons. The van der Waals surface area contributed by atoms with E-state index in [0.29, 0.717) is 34.3 Å². The zero-order chi connectivity index (χ0) is 23.0. The molecule has 0 aliphatic rings. The van der Waals surface area contributed by atoms with Gasteiger partial charge in [-0.1, -0.05) is 41.9 Å². The molecular weight excluding hydrogens is 438 g/mol. The number of benzene rings is 3. The minimum absolute atomic E-state index is 0.304. The Balaban J connectivity index is 1.51. The van der Waals surface area contributed by atoms with E-state index in [1.165, 1.54) is 6.21 Å². The van der Waals surface area contributed by atoms with Gasteiger partial charge in [-0.25, -0.2) is 5.43 Å². The van der Waals surface area contributed by atoms with Gasteiger partial charge in [-0.3, -0.25) is 4.79 Å². The smallest absolute Gasteiger partial charge is 0.273 e. The second-order valence-electron chi connectivity index (χ2n) is 7.10. The van der Waals surface area contributed by atoms with Gasteiger partial charge in [0.1, 0.15) is 6.61 Å². The molecule has 3 aromatic carbocycles. The highest BCUT2D eigenvalue weighted by Crippen LogP contribution is 2.31. The van der Waals surface area contributed by atoms with Crippen LogP contribution in [0.5, 0.6) is 11.5 Å². The number of hydrogen-bond acceptors (Lipinski definition) is 4. The molecule has 4 aromatic rings. The molecule has 0 aliphatic heterocycles. The molecule has 0 atom stereocenters. The van der Waals surface area contributed by atoms with E-state index < -0.39 is 0 Å². The summed E-state index contributed by atoms with van der Waals surface area (Å²) in [5.74, 6) is 0.760. The maximum absolute atomic E-state index is 12.8. The SMILES string of the molecule is COc1cccc(/C=N\NC(=O)c2ccccc2-n2cccc2)c1OCc1cccc(Cl)c1. The highest BCUT2D eigenvalue weighted by molar-refractivity contribution is 6.30. The van der Waals surface area contributed by atoms with E-state index in [1.54, 1.807) is 19.2 Å². The lowest BCUT2D eigenvalue weighted by atomic mass is 10.1. The third kappa shape index (κ3) is 5.42. The van der Waals surface area contributed by atoms with Gasteiger partial charge < -0.3 is 14.0 Å². The first-order valence-electron chi connectivity index (χ1n) is 10.3. The number of hydrazone groups is 1. The van der Waals surface area contributed by atoms with Crippen LogP contribution in [-0.2, 0) is 6.61 Å². The van der Waals surface area contributed by atoms with Crippen molar-refractivity contribution >= 4 is 23.7 Å². The molecule has 1 N–H and O–H groups in total. The molecule has 0 saturated heterocycles. The average Bonchev–Trinajstić information content (AvgIpc) is 3.38. The molecule has 1 aromatic heterocycles. The Morgan fingerprint density at radius 2 is 1.82 bits per heavy atom. The van der Waals surface area contributed by atoms with Gasteiger partial charge in [0.25, 0.3) is 5.91 Å². The number of rotatable bonds is 8. The number of halogens is 1. The van der Waals surface area contributed by atoms with E-state index in [2.05, 4.69) is 10.5 Å². The number of aromatic nitrogens is 1. The monoisotopic (exact) mass is 459 g/mol. The molecule has 0 bridgehead atoms. The lowest BCUT2D eigenvalue weighted by Gasteiger charge is -2.13. The molecule has 1 amide bonds. The van der Waals surface area contributed by atoms with Crippen molar-refractivity contribution in [3.8, 4) is 17.2 Å². The van der Waals surface area contributed by atoms with E-state index in [0.717, 1.165) is 11.3 Å². The van der Waals surface area contributed by atoms with Crippen molar-refractivity contribution in [2.24, 2.45) is 5.10 Å². The normalized spacial score (nSPS) is 10.8. The molecule has 1 heterocycles. The van der Waals surface area contributed by atoms with E-state index in [-0.39, 0.29) is 5.91 Å². The molecule has 0 spiro atoms. The molecule has 33 heavy (non-hydrogen) atoms. The highest BCUT2D eigenvalue weighted by atomic mass is 35.5. The minimum atomic E-state index is -0.320. The number of nitrogens with zero attached hydrogens (tertiary/aromatic N) is 2. The van der Waals surface area contributed by atoms with Crippen LogP contribution in [0.25, 0.3) is 5.69 Å². The fourth-order valence-corrected chi connectivity index (χ4v) is 3.55. The maximum atomic E-state index is 12.8. The van der Waals surface area contributed by atoms with Crippen LogP contribution >= 0.6 is 11.6 Å². The maximum Gasteiger partial charge on any atom is 0.273 e. The predicted octanol–water partition coefficient (Wildman–Crippen LogP) is 5.48. The molecule has 0 saturated carbocycles. The largest absolute Gasteiger partial charge is 0.493 e. The Morgan fingerprint density at radius 1 is 1.03 bits per heavy atom. The van der Waals surface area contributed by atoms with Gasteiger partial charge in [-0.15, -0.1) is 0 Å². The van der Waals surface area contributed by atoms with Gasteiger partial charge in [0, 0.05) is 23.0 Å². The molecule has 0 fully saturated rings. The number of ether oxygens (including phenoxy) is 2. The number of nitrogens with one attached hydrogen (secondary N) is 1. The van der Waals surface area contributed by atoms with Crippen LogP contribution in [0.2, 0.25) is 5.02 Å². The summed E-state index contributed by atoms with van der Waals surface area (Å²) in [4.78, 5) is 12.8. The Morgan fingerprint density at radius 3 is 2.61 bits per heavy atom. The summed E-state index contributed by atoms with van der Waals surface area (Å²) in [6.07, 6.45) is 5.30. The van der Waals surface area contributed by atoms with Crippen molar-refractivity contribution in [2.75, 3.05) is 7.11 Å². The van der Waals surface area contributed by atoms with E-state index in [9.17, 15) is 4.79 Å². The molecule has 7 heteroatoms. The zero-order valence-electron chi connectivity index (χ0n) is 17.9. The van der Waals surface area contributed by atoms with Crippen LogP contribution in [0.4, 0.5) is 0 Å². The number of carbonyl (C=O) groups is 1. The highest BCUT2D eigenvalue weighted by Gasteiger charge is 2.12. The molecule has 4 rings (SSSR count). The number of methoxy groups -OCH3 is 1. The lowest BCUT2D eigenvalue weighted by molar-refractivity contribution is 0.0955. The Bertz CT molecular complexity index is 1270. The third-order valence-electron chi connectivity index (χ3n) is 4.90. The van der Waals surface area contributed by atoms with Crippen LogP contribution in [0.3, 0.4) is 0 Å². The van der Waals surface area contributed by atoms with Crippen LogP contribution in [-0.4, -0.2) is 23.8 Å². The second kappa shape index (κ2) is 10.5. The average molecular weight is 460 g/mol. The Hall–Kier alpha value is -4.03. The van der Waals surface area contributed by atoms with Gasteiger partial charge in [0.15, 0.2) is 11.5 Å². The summed E-state index contributed by atoms with van der Waals surface area (Å²) in [6, 6.07) is 24.0. The number of amides is 1. The Labute approximate surface area is 197 Å². The molecule has 0 unspecified atom stereocenters. The number of para-hydroxylation sites is 2. The minimum Gasteiger partial charge on any atom is -0.493 e. The second-order valence-corrected chi connectivity index (χ2v) is 7.54. The van der Waals surface area contributed by atoms with Gasteiger partial charge in [0.2, 0.25) is 0 Å². The van der Waals surface area contributed by atoms with Crippen molar-refractivity contribution < 1.29 is 14.3 Å². The van der Waals surface area contributed by atoms with Crippen molar-refractivity contribution in [1.29, 1.82) is 0 Å². The standard InChI is InChI=1S/C26H22ClN3O3/c1-32-24-13-7-9-20(25(24)33-18-19-8-6-10-21(27)16-19)17-28-29-26(31)22-11-2-3-12-23(22)30-14-4-5-15-30/h2-17H,18H2,1H3,(H,29,31)/b28-17-. The molecular formula is C26H22ClN3O3. The molecule has 6 nitrogen and oxygen atoms in total. The van der Waals surface area contributed by atoms with Crippen molar-refractivity contribution in [2.45, 2.75) is 6.61 Å². The van der Waals surface area contributed by atoms with Gasteiger partial charge >= 0.3 is 0 Å². The van der Waals surface area contributed by atoms with Gasteiger partial charge in [0.05, 0.1) is 24.6 Å². The summed E-state index contributed by atoms with van der Waals surface area (Å²) >= 11 is 6.07. The van der Waals surface area contributed by atoms with Crippen molar-refractivity contribution in [3.05, 3.63) is 113 Å². The van der Waals surface area contributed by atoms with Crippen LogP contribution in [0.15, 0.2) is 96.4 Å². The fourth-order valence-electron chi connectivity index (χ4n) is 3.34. The quantitative estimate of drug-likeness (QED) is 0.280. The number of hydrogen-bond donors (Lipinski definition) is 1. The first-order valence-corrected chi connectivity index (χ1v) is 10.6. The summed E-state index contributed by atoms with van der Waals surface area (Å²) in [7, 11) is 1.57. The number of carbonyl (C=O) groups excluding carboxylic acids is 1. The van der Waals surface area contributed by atoms with E-state index >= 15 is 0 Å². The van der Waals surface area contributed by atoms with Crippen LogP contribution in [0.1, 0.15) is 21.5 Å².